The minimum atomic E-state index is -4.44. The monoisotopic (exact) mass is 449 g/mol. The smallest absolute Gasteiger partial charge is 0.416 e. The highest BCUT2D eigenvalue weighted by molar-refractivity contribution is 5.82. The van der Waals surface area contributed by atoms with Gasteiger partial charge in [0.1, 0.15) is 11.4 Å². The Bertz CT molecular complexity index is 1000. The van der Waals surface area contributed by atoms with Crippen LogP contribution < -0.4 is 19.9 Å². The lowest BCUT2D eigenvalue weighted by Gasteiger charge is -2.42. The van der Waals surface area contributed by atoms with Gasteiger partial charge in [-0.1, -0.05) is 6.07 Å². The van der Waals surface area contributed by atoms with Crippen molar-refractivity contribution >= 4 is 23.0 Å². The molecule has 4 rings (SSSR count). The van der Waals surface area contributed by atoms with Crippen LogP contribution in [0.4, 0.5) is 30.2 Å². The lowest BCUT2D eigenvalue weighted by Crippen LogP contribution is -2.54. The highest BCUT2D eigenvalue weighted by atomic mass is 19.4. The fourth-order valence-electron chi connectivity index (χ4n) is 4.06. The van der Waals surface area contributed by atoms with Crippen molar-refractivity contribution in [3.63, 3.8) is 0 Å². The van der Waals surface area contributed by atoms with E-state index in [-0.39, 0.29) is 30.7 Å². The van der Waals surface area contributed by atoms with Crippen molar-refractivity contribution in [2.24, 2.45) is 5.92 Å². The molecule has 2 aromatic carbocycles. The molecule has 2 aromatic rings. The average molecular weight is 449 g/mol. The largest absolute Gasteiger partial charge is 0.484 e. The number of ether oxygens (including phenoxy) is 1. The predicted octanol–water partition coefficient (Wildman–Crippen LogP) is 3.56. The van der Waals surface area contributed by atoms with Gasteiger partial charge in [-0.2, -0.15) is 13.2 Å². The molecule has 0 spiro atoms. The van der Waals surface area contributed by atoms with Crippen molar-refractivity contribution < 1.29 is 27.8 Å². The van der Waals surface area contributed by atoms with Gasteiger partial charge in [0, 0.05) is 31.0 Å². The van der Waals surface area contributed by atoms with Gasteiger partial charge < -0.3 is 25.0 Å². The Kier molecular flexibility index (Phi) is 5.70. The third-order valence-corrected chi connectivity index (χ3v) is 5.67. The van der Waals surface area contributed by atoms with Gasteiger partial charge >= 0.3 is 6.18 Å². The molecule has 0 aliphatic carbocycles. The maximum absolute atomic E-state index is 13.2. The van der Waals surface area contributed by atoms with E-state index >= 15 is 0 Å². The number of hydrogen-bond donors (Lipinski definition) is 2. The first-order valence-electron chi connectivity index (χ1n) is 10.5. The van der Waals surface area contributed by atoms with E-state index in [0.29, 0.717) is 25.3 Å². The molecule has 9 heteroatoms. The second kappa shape index (κ2) is 8.20. The number of halogens is 3. The first kappa shape index (κ1) is 22.3. The quantitative estimate of drug-likeness (QED) is 0.731. The third-order valence-electron chi connectivity index (χ3n) is 5.67. The van der Waals surface area contributed by atoms with E-state index in [2.05, 4.69) is 10.2 Å². The molecule has 0 aromatic heterocycles. The molecular weight excluding hydrogens is 423 g/mol. The van der Waals surface area contributed by atoms with E-state index in [9.17, 15) is 18.0 Å². The second-order valence-corrected chi connectivity index (χ2v) is 8.76. The first-order chi connectivity index (χ1) is 15.1. The van der Waals surface area contributed by atoms with Crippen LogP contribution in [0.15, 0.2) is 42.5 Å². The summed E-state index contributed by atoms with van der Waals surface area (Å²) in [4.78, 5) is 16.1. The summed E-state index contributed by atoms with van der Waals surface area (Å²) >= 11 is 0. The Hall–Kier alpha value is -2.94. The molecular formula is C23H26F3N3O3. The van der Waals surface area contributed by atoms with Crippen LogP contribution in [0.2, 0.25) is 0 Å². The van der Waals surface area contributed by atoms with Gasteiger partial charge in [-0.25, -0.2) is 0 Å². The van der Waals surface area contributed by atoms with E-state index in [1.807, 2.05) is 43.0 Å². The second-order valence-electron chi connectivity index (χ2n) is 8.76. The number of alkyl halides is 3. The molecule has 1 amide bonds. The summed E-state index contributed by atoms with van der Waals surface area (Å²) < 4.78 is 45.5. The molecule has 172 valence electrons. The summed E-state index contributed by atoms with van der Waals surface area (Å²) in [6, 6.07) is 11.3. The van der Waals surface area contributed by atoms with Crippen LogP contribution >= 0.6 is 0 Å². The predicted molar refractivity (Wildman–Crippen MR) is 115 cm³/mol. The molecule has 2 aliphatic rings. The lowest BCUT2D eigenvalue weighted by molar-refractivity contribution is -0.137. The molecule has 0 bridgehead atoms. The molecule has 1 saturated heterocycles. The molecule has 2 aliphatic heterocycles. The summed E-state index contributed by atoms with van der Waals surface area (Å²) in [7, 11) is 0. The molecule has 0 unspecified atom stereocenters. The van der Waals surface area contributed by atoms with Crippen LogP contribution in [0.5, 0.6) is 5.75 Å². The van der Waals surface area contributed by atoms with Crippen LogP contribution in [-0.4, -0.2) is 49.4 Å². The number of nitrogens with zero attached hydrogens (tertiary/aromatic N) is 2. The van der Waals surface area contributed by atoms with Crippen LogP contribution in [0.3, 0.4) is 0 Å². The Morgan fingerprint density at radius 2 is 1.91 bits per heavy atom. The highest BCUT2D eigenvalue weighted by Crippen LogP contribution is 2.44. The van der Waals surface area contributed by atoms with Gasteiger partial charge in [0.05, 0.1) is 30.3 Å². The van der Waals surface area contributed by atoms with Crippen molar-refractivity contribution in [3.05, 3.63) is 48.0 Å². The van der Waals surface area contributed by atoms with Crippen molar-refractivity contribution in [1.29, 1.82) is 0 Å². The van der Waals surface area contributed by atoms with Gasteiger partial charge in [0.25, 0.3) is 0 Å². The first-order valence-corrected chi connectivity index (χ1v) is 10.5. The SMILES string of the molecule is CC1(C)CN(c2cccc(N3CC(C(=O)NCCO)C3)c2)c2ccc(C(F)(F)F)cc2O1. The molecule has 2 N–H and O–H groups in total. The number of hydrogen-bond acceptors (Lipinski definition) is 5. The van der Waals surface area contributed by atoms with Crippen LogP contribution in [0.25, 0.3) is 0 Å². The zero-order valence-electron chi connectivity index (χ0n) is 17.9. The van der Waals surface area contributed by atoms with E-state index in [1.54, 1.807) is 0 Å². The summed E-state index contributed by atoms with van der Waals surface area (Å²) in [5.41, 5.74) is 0.937. The van der Waals surface area contributed by atoms with Crippen LogP contribution in [0.1, 0.15) is 19.4 Å². The van der Waals surface area contributed by atoms with E-state index in [4.69, 9.17) is 9.84 Å². The van der Waals surface area contributed by atoms with Gasteiger partial charge in [-0.3, -0.25) is 4.79 Å². The molecule has 1 fully saturated rings. The van der Waals surface area contributed by atoms with Crippen LogP contribution in [-0.2, 0) is 11.0 Å². The highest BCUT2D eigenvalue weighted by Gasteiger charge is 2.37. The zero-order valence-corrected chi connectivity index (χ0v) is 17.9. The van der Waals surface area contributed by atoms with Gasteiger partial charge in [0.2, 0.25) is 5.91 Å². The number of carbonyl (C=O) groups excluding carboxylic acids is 1. The number of aliphatic hydroxyl groups excluding tert-OH is 1. The standard InChI is InChI=1S/C23H26F3N3O3/c1-22(2)14-29(19-7-6-16(23(24,25)26)10-20(19)32-22)18-5-3-4-17(11-18)28-12-15(13-28)21(31)27-8-9-30/h3-7,10-11,15,30H,8-9,12-14H2,1-2H3,(H,27,31). The Balaban J connectivity index is 1.57. The normalized spacial score (nSPS) is 17.9. The molecule has 0 radical (unpaired) electrons. The summed E-state index contributed by atoms with van der Waals surface area (Å²) in [6.07, 6.45) is -4.44. The van der Waals surface area contributed by atoms with E-state index in [0.717, 1.165) is 23.5 Å². The minimum absolute atomic E-state index is 0.0734. The summed E-state index contributed by atoms with van der Waals surface area (Å²) in [5, 5.41) is 11.5. The van der Waals surface area contributed by atoms with E-state index in [1.165, 1.54) is 6.07 Å². The summed E-state index contributed by atoms with van der Waals surface area (Å²) in [5.74, 6) is -0.00383. The van der Waals surface area contributed by atoms with Gasteiger partial charge in [-0.15, -0.1) is 0 Å². The van der Waals surface area contributed by atoms with Crippen molar-refractivity contribution in [1.82, 2.24) is 5.32 Å². The molecule has 0 saturated carbocycles. The number of fused-ring (bicyclic) bond motifs is 1. The van der Waals surface area contributed by atoms with E-state index < -0.39 is 17.3 Å². The molecule has 6 nitrogen and oxygen atoms in total. The van der Waals surface area contributed by atoms with Crippen molar-refractivity contribution in [2.75, 3.05) is 42.6 Å². The average Bonchev–Trinajstić information content (AvgIpc) is 2.69. The topological polar surface area (TPSA) is 65.0 Å². The maximum atomic E-state index is 13.2. The number of rotatable bonds is 5. The Morgan fingerprint density at radius 1 is 1.19 bits per heavy atom. The zero-order chi connectivity index (χ0) is 23.1. The Morgan fingerprint density at radius 3 is 2.59 bits per heavy atom. The number of benzene rings is 2. The Labute approximate surface area is 184 Å². The fourth-order valence-corrected chi connectivity index (χ4v) is 4.06. The molecule has 0 atom stereocenters. The fraction of sp³-hybridized carbons (Fsp3) is 0.435. The van der Waals surface area contributed by atoms with Crippen molar-refractivity contribution in [2.45, 2.75) is 25.6 Å². The molecule has 32 heavy (non-hydrogen) atoms. The van der Waals surface area contributed by atoms with Crippen LogP contribution in [0, 0.1) is 5.92 Å². The van der Waals surface area contributed by atoms with Crippen molar-refractivity contribution in [3.8, 4) is 5.75 Å². The minimum Gasteiger partial charge on any atom is -0.484 e. The number of carbonyl (C=O) groups is 1. The molecule has 2 heterocycles. The summed E-state index contributed by atoms with van der Waals surface area (Å²) in [6.45, 7) is 5.46. The van der Waals surface area contributed by atoms with Gasteiger partial charge in [-0.05, 0) is 50.2 Å². The number of nitrogens with one attached hydrogen (secondary N) is 1. The number of aliphatic hydroxyl groups is 1. The number of anilines is 3. The number of amides is 1. The lowest BCUT2D eigenvalue weighted by atomic mass is 9.97. The third kappa shape index (κ3) is 4.48. The van der Waals surface area contributed by atoms with Gasteiger partial charge in [0.15, 0.2) is 0 Å². The maximum Gasteiger partial charge on any atom is 0.416 e.